The third kappa shape index (κ3) is 2.71. The third-order valence-electron chi connectivity index (χ3n) is 2.53. The van der Waals surface area contributed by atoms with E-state index in [0.717, 1.165) is 6.07 Å². The largest absolute Gasteiger partial charge is 0.324 e. The highest BCUT2D eigenvalue weighted by atomic mass is 19.1. The molecule has 0 aliphatic heterocycles. The van der Waals surface area contributed by atoms with E-state index in [-0.39, 0.29) is 16.9 Å². The molecule has 1 aromatic carbocycles. The predicted octanol–water partition coefficient (Wildman–Crippen LogP) is 1.63. The van der Waals surface area contributed by atoms with Crippen LogP contribution in [-0.4, -0.2) is 10.9 Å². The van der Waals surface area contributed by atoms with Crippen molar-refractivity contribution >= 4 is 17.3 Å². The second kappa shape index (κ2) is 5.77. The van der Waals surface area contributed by atoms with Gasteiger partial charge < -0.3 is 10.7 Å². The Bertz CT molecular complexity index is 695. The molecule has 2 rings (SSSR count). The quantitative estimate of drug-likeness (QED) is 0.581. The van der Waals surface area contributed by atoms with E-state index in [2.05, 4.69) is 15.7 Å². The van der Waals surface area contributed by atoms with Crippen LogP contribution >= 0.6 is 0 Å². The van der Waals surface area contributed by atoms with Crippen molar-refractivity contribution in [1.82, 2.24) is 4.98 Å². The van der Waals surface area contributed by atoms with E-state index < -0.39 is 11.7 Å². The number of carbonyl (C=O) groups excluding carboxylic acids is 1. The normalized spacial score (nSPS) is 9.65. The van der Waals surface area contributed by atoms with Crippen LogP contribution in [0.25, 0.3) is 0 Å². The van der Waals surface area contributed by atoms with Crippen molar-refractivity contribution in [3.8, 4) is 6.07 Å². The first-order valence-corrected chi connectivity index (χ1v) is 5.58. The van der Waals surface area contributed by atoms with Crippen LogP contribution in [0.15, 0.2) is 36.5 Å². The smallest absolute Gasteiger partial charge is 0.274 e. The molecule has 100 valence electrons. The molecule has 4 N–H and O–H groups in total. The molecule has 0 saturated heterocycles. The summed E-state index contributed by atoms with van der Waals surface area (Å²) < 4.78 is 13.4. The molecular weight excluding hydrogens is 261 g/mol. The maximum Gasteiger partial charge on any atom is 0.274 e. The monoisotopic (exact) mass is 271 g/mol. The van der Waals surface area contributed by atoms with Crippen molar-refractivity contribution in [3.63, 3.8) is 0 Å². The number of nitrogen functional groups attached to an aromatic ring is 1. The number of anilines is 2. The highest BCUT2D eigenvalue weighted by Gasteiger charge is 2.13. The van der Waals surface area contributed by atoms with Gasteiger partial charge in [-0.25, -0.2) is 4.39 Å². The SMILES string of the molecule is N#Cc1c(F)cccc1NC(=O)c1cc(NN)ccn1. The first kappa shape index (κ1) is 13.5. The number of nitrogens with two attached hydrogens (primary N) is 1. The Morgan fingerprint density at radius 1 is 1.40 bits per heavy atom. The van der Waals surface area contributed by atoms with Crippen LogP contribution in [0, 0.1) is 17.1 Å². The number of halogens is 1. The molecule has 1 heterocycles. The highest BCUT2D eigenvalue weighted by molar-refractivity contribution is 6.04. The number of benzene rings is 1. The van der Waals surface area contributed by atoms with Gasteiger partial charge in [0.15, 0.2) is 0 Å². The zero-order valence-corrected chi connectivity index (χ0v) is 10.2. The van der Waals surface area contributed by atoms with Gasteiger partial charge in [-0.3, -0.25) is 15.6 Å². The van der Waals surface area contributed by atoms with Gasteiger partial charge in [-0.2, -0.15) is 5.26 Å². The molecule has 0 atom stereocenters. The second-order valence-electron chi connectivity index (χ2n) is 3.80. The number of amides is 1. The summed E-state index contributed by atoms with van der Waals surface area (Å²) >= 11 is 0. The number of nitrogens with one attached hydrogen (secondary N) is 2. The predicted molar refractivity (Wildman–Crippen MR) is 71.1 cm³/mol. The number of carbonyl (C=O) groups is 1. The van der Waals surface area contributed by atoms with Crippen molar-refractivity contribution in [1.29, 1.82) is 5.26 Å². The maximum atomic E-state index is 13.4. The molecule has 0 aliphatic carbocycles. The molecule has 1 aromatic heterocycles. The topological polar surface area (TPSA) is 104 Å². The van der Waals surface area contributed by atoms with E-state index in [9.17, 15) is 9.18 Å². The molecule has 0 radical (unpaired) electrons. The van der Waals surface area contributed by atoms with Crippen LogP contribution in [0.4, 0.5) is 15.8 Å². The number of hydrogen-bond donors (Lipinski definition) is 3. The third-order valence-corrected chi connectivity index (χ3v) is 2.53. The molecule has 1 amide bonds. The molecule has 0 unspecified atom stereocenters. The lowest BCUT2D eigenvalue weighted by Crippen LogP contribution is -2.16. The van der Waals surface area contributed by atoms with Crippen LogP contribution in [0.3, 0.4) is 0 Å². The molecule has 7 heteroatoms. The lowest BCUT2D eigenvalue weighted by molar-refractivity contribution is 0.102. The van der Waals surface area contributed by atoms with Crippen molar-refractivity contribution in [2.75, 3.05) is 10.7 Å². The van der Waals surface area contributed by atoms with Crippen molar-refractivity contribution < 1.29 is 9.18 Å². The minimum Gasteiger partial charge on any atom is -0.324 e. The summed E-state index contributed by atoms with van der Waals surface area (Å²) in [4.78, 5) is 15.9. The Balaban J connectivity index is 2.28. The average Bonchev–Trinajstić information content (AvgIpc) is 2.47. The van der Waals surface area contributed by atoms with E-state index in [1.165, 1.54) is 24.4 Å². The van der Waals surface area contributed by atoms with Gasteiger partial charge in [-0.05, 0) is 24.3 Å². The van der Waals surface area contributed by atoms with Gasteiger partial charge in [-0.15, -0.1) is 0 Å². The standard InChI is InChI=1S/C13H10FN5O/c14-10-2-1-3-11(9(10)7-15)18-13(20)12-6-8(19-16)4-5-17-12/h1-6H,16H2,(H,17,19)(H,18,20). The molecular formula is C13H10FN5O. The number of pyridine rings is 1. The molecule has 0 saturated carbocycles. The van der Waals surface area contributed by atoms with Crippen LogP contribution in [0.1, 0.15) is 16.1 Å². The Kier molecular flexibility index (Phi) is 3.88. The van der Waals surface area contributed by atoms with Gasteiger partial charge in [0.2, 0.25) is 0 Å². The zero-order chi connectivity index (χ0) is 14.5. The molecule has 0 fully saturated rings. The Morgan fingerprint density at radius 3 is 2.90 bits per heavy atom. The van der Waals surface area contributed by atoms with Crippen LogP contribution in [0.2, 0.25) is 0 Å². The minimum atomic E-state index is -0.698. The lowest BCUT2D eigenvalue weighted by atomic mass is 10.1. The number of nitrogens with zero attached hydrogens (tertiary/aromatic N) is 2. The fraction of sp³-hybridized carbons (Fsp3) is 0. The molecule has 0 aliphatic rings. The van der Waals surface area contributed by atoms with Gasteiger partial charge in [-0.1, -0.05) is 6.07 Å². The summed E-state index contributed by atoms with van der Waals surface area (Å²) in [6.45, 7) is 0. The molecule has 20 heavy (non-hydrogen) atoms. The maximum absolute atomic E-state index is 13.4. The van der Waals surface area contributed by atoms with Crippen molar-refractivity contribution in [3.05, 3.63) is 53.6 Å². The molecule has 0 spiro atoms. The van der Waals surface area contributed by atoms with E-state index in [4.69, 9.17) is 11.1 Å². The first-order chi connectivity index (χ1) is 9.65. The van der Waals surface area contributed by atoms with E-state index in [0.29, 0.717) is 5.69 Å². The van der Waals surface area contributed by atoms with E-state index in [1.54, 1.807) is 12.1 Å². The summed E-state index contributed by atoms with van der Waals surface area (Å²) in [6, 6.07) is 8.69. The van der Waals surface area contributed by atoms with Crippen molar-refractivity contribution in [2.24, 2.45) is 5.84 Å². The average molecular weight is 271 g/mol. The van der Waals surface area contributed by atoms with Crippen LogP contribution in [0.5, 0.6) is 0 Å². The first-order valence-electron chi connectivity index (χ1n) is 5.58. The number of aromatic nitrogens is 1. The Morgan fingerprint density at radius 2 is 2.20 bits per heavy atom. The fourth-order valence-electron chi connectivity index (χ4n) is 1.57. The van der Waals surface area contributed by atoms with Gasteiger partial charge >= 0.3 is 0 Å². The van der Waals surface area contributed by atoms with Crippen molar-refractivity contribution in [2.45, 2.75) is 0 Å². The Hall–Kier alpha value is -2.98. The number of hydrogen-bond acceptors (Lipinski definition) is 5. The second-order valence-corrected chi connectivity index (χ2v) is 3.80. The summed E-state index contributed by atoms with van der Waals surface area (Å²) in [7, 11) is 0. The molecule has 6 nitrogen and oxygen atoms in total. The number of rotatable bonds is 3. The zero-order valence-electron chi connectivity index (χ0n) is 10.2. The molecule has 0 bridgehead atoms. The van der Waals surface area contributed by atoms with Gasteiger partial charge in [0.05, 0.1) is 11.4 Å². The fourth-order valence-corrected chi connectivity index (χ4v) is 1.57. The van der Waals surface area contributed by atoms with Gasteiger partial charge in [0, 0.05) is 6.20 Å². The van der Waals surface area contributed by atoms with E-state index >= 15 is 0 Å². The summed E-state index contributed by atoms with van der Waals surface area (Å²) in [5.41, 5.74) is 2.84. The Labute approximate surface area is 114 Å². The van der Waals surface area contributed by atoms with Gasteiger partial charge in [0.25, 0.3) is 5.91 Å². The number of hydrazine groups is 1. The highest BCUT2D eigenvalue weighted by Crippen LogP contribution is 2.18. The van der Waals surface area contributed by atoms with Gasteiger partial charge in [0.1, 0.15) is 23.1 Å². The van der Waals surface area contributed by atoms with Crippen LogP contribution < -0.4 is 16.6 Å². The minimum absolute atomic E-state index is 0.0883. The van der Waals surface area contributed by atoms with E-state index in [1.807, 2.05) is 0 Å². The molecule has 2 aromatic rings. The lowest BCUT2D eigenvalue weighted by Gasteiger charge is -2.07. The number of nitriles is 1. The van der Waals surface area contributed by atoms with Crippen LogP contribution in [-0.2, 0) is 0 Å². The summed E-state index contributed by atoms with van der Waals surface area (Å²) in [5.74, 6) is 3.97. The summed E-state index contributed by atoms with van der Waals surface area (Å²) in [5, 5.41) is 11.3. The summed E-state index contributed by atoms with van der Waals surface area (Å²) in [6.07, 6.45) is 1.40.